The summed E-state index contributed by atoms with van der Waals surface area (Å²) in [7, 11) is 0. The molecule has 3 aromatic carbocycles. The van der Waals surface area contributed by atoms with Gasteiger partial charge in [-0.25, -0.2) is 0 Å². The zero-order chi connectivity index (χ0) is 16.8. The second kappa shape index (κ2) is 5.64. The minimum absolute atomic E-state index is 0.0989. The van der Waals surface area contributed by atoms with Gasteiger partial charge in [0.05, 0.1) is 6.10 Å². The van der Waals surface area contributed by atoms with Crippen LogP contribution in [0.5, 0.6) is 5.75 Å². The van der Waals surface area contributed by atoms with E-state index in [1.54, 1.807) is 0 Å². The molecule has 0 fully saturated rings. The summed E-state index contributed by atoms with van der Waals surface area (Å²) in [6.45, 7) is 8.35. The Labute approximate surface area is 143 Å². The molecule has 1 aliphatic heterocycles. The summed E-state index contributed by atoms with van der Waals surface area (Å²) in [6, 6.07) is 17.2. The van der Waals surface area contributed by atoms with Crippen molar-refractivity contribution in [2.75, 3.05) is 0 Å². The van der Waals surface area contributed by atoms with Crippen molar-refractivity contribution in [3.63, 3.8) is 0 Å². The Kier molecular flexibility index (Phi) is 3.58. The van der Waals surface area contributed by atoms with Crippen LogP contribution in [0.25, 0.3) is 21.9 Å². The standard InChI is InChI=1S/C22H22O2/c1-13(2)23-22-18-10-9-16-7-5-6-8-17(16)21(18)20-15(4)11-14(3)12-19(20)24-22/h5-13,22H,1-4H3/t22-/m0/s1. The lowest BCUT2D eigenvalue weighted by molar-refractivity contribution is -0.112. The molecule has 1 atom stereocenters. The topological polar surface area (TPSA) is 18.5 Å². The van der Waals surface area contributed by atoms with Crippen LogP contribution in [0.1, 0.15) is 36.8 Å². The molecule has 0 spiro atoms. The van der Waals surface area contributed by atoms with Crippen LogP contribution in [0.15, 0.2) is 48.5 Å². The summed E-state index contributed by atoms with van der Waals surface area (Å²) in [4.78, 5) is 0. The van der Waals surface area contributed by atoms with E-state index in [-0.39, 0.29) is 12.4 Å². The average molecular weight is 318 g/mol. The van der Waals surface area contributed by atoms with Gasteiger partial charge in [-0.2, -0.15) is 0 Å². The number of benzene rings is 3. The van der Waals surface area contributed by atoms with Crippen molar-refractivity contribution in [2.24, 2.45) is 0 Å². The Morgan fingerprint density at radius 1 is 0.958 bits per heavy atom. The molecule has 0 N–H and O–H groups in total. The van der Waals surface area contributed by atoms with Crippen molar-refractivity contribution in [1.29, 1.82) is 0 Å². The van der Waals surface area contributed by atoms with Crippen LogP contribution in [0.4, 0.5) is 0 Å². The third kappa shape index (κ3) is 2.38. The Hall–Kier alpha value is -2.32. The first-order valence-electron chi connectivity index (χ1n) is 8.50. The van der Waals surface area contributed by atoms with Crippen molar-refractivity contribution >= 4 is 10.8 Å². The quantitative estimate of drug-likeness (QED) is 0.582. The summed E-state index contributed by atoms with van der Waals surface area (Å²) >= 11 is 0. The summed E-state index contributed by atoms with van der Waals surface area (Å²) < 4.78 is 12.3. The van der Waals surface area contributed by atoms with Gasteiger partial charge in [-0.05, 0) is 55.7 Å². The number of rotatable bonds is 2. The van der Waals surface area contributed by atoms with Gasteiger partial charge in [0.15, 0.2) is 0 Å². The summed E-state index contributed by atoms with van der Waals surface area (Å²) in [5, 5.41) is 2.50. The molecule has 0 unspecified atom stereocenters. The lowest BCUT2D eigenvalue weighted by Gasteiger charge is -2.32. The monoisotopic (exact) mass is 318 g/mol. The molecule has 0 radical (unpaired) electrons. The molecule has 2 heteroatoms. The number of fused-ring (bicyclic) bond motifs is 5. The molecule has 2 nitrogen and oxygen atoms in total. The first-order valence-corrected chi connectivity index (χ1v) is 8.50. The average Bonchev–Trinajstić information content (AvgIpc) is 2.53. The second-order valence-corrected chi connectivity index (χ2v) is 6.84. The van der Waals surface area contributed by atoms with Gasteiger partial charge >= 0.3 is 0 Å². The maximum atomic E-state index is 6.26. The lowest BCUT2D eigenvalue weighted by Crippen LogP contribution is -2.21. The highest BCUT2D eigenvalue weighted by Crippen LogP contribution is 2.48. The number of ether oxygens (including phenoxy) is 2. The van der Waals surface area contributed by atoms with Gasteiger partial charge in [0.1, 0.15) is 5.75 Å². The Morgan fingerprint density at radius 2 is 1.75 bits per heavy atom. The predicted octanol–water partition coefficient (Wildman–Crippen LogP) is 5.94. The molecule has 0 amide bonds. The van der Waals surface area contributed by atoms with Crippen molar-refractivity contribution in [3.8, 4) is 16.9 Å². The summed E-state index contributed by atoms with van der Waals surface area (Å²) in [5.74, 6) is 0.919. The Morgan fingerprint density at radius 3 is 2.54 bits per heavy atom. The minimum Gasteiger partial charge on any atom is -0.460 e. The van der Waals surface area contributed by atoms with E-state index in [9.17, 15) is 0 Å². The Balaban J connectivity index is 2.06. The SMILES string of the molecule is Cc1cc(C)c2c(c1)O[C@H](OC(C)C)c1ccc3ccccc3c1-2. The molecule has 4 rings (SSSR count). The number of hydrogen-bond donors (Lipinski definition) is 0. The van der Waals surface area contributed by atoms with Gasteiger partial charge in [-0.3, -0.25) is 0 Å². The molecular weight excluding hydrogens is 296 g/mol. The van der Waals surface area contributed by atoms with Crippen LogP contribution < -0.4 is 4.74 Å². The highest BCUT2D eigenvalue weighted by Gasteiger charge is 2.30. The molecule has 1 aliphatic rings. The van der Waals surface area contributed by atoms with Gasteiger partial charge in [0.2, 0.25) is 6.29 Å². The fourth-order valence-electron chi connectivity index (χ4n) is 3.63. The fourth-order valence-corrected chi connectivity index (χ4v) is 3.63. The van der Waals surface area contributed by atoms with E-state index in [4.69, 9.17) is 9.47 Å². The molecule has 122 valence electrons. The van der Waals surface area contributed by atoms with Crippen molar-refractivity contribution < 1.29 is 9.47 Å². The predicted molar refractivity (Wildman–Crippen MR) is 98.4 cm³/mol. The molecule has 0 saturated heterocycles. The molecular formula is C22H22O2. The highest BCUT2D eigenvalue weighted by atomic mass is 16.7. The molecule has 0 bridgehead atoms. The van der Waals surface area contributed by atoms with Gasteiger partial charge in [-0.1, -0.05) is 42.5 Å². The maximum Gasteiger partial charge on any atom is 0.227 e. The van der Waals surface area contributed by atoms with E-state index in [0.29, 0.717) is 0 Å². The molecule has 0 saturated carbocycles. The van der Waals surface area contributed by atoms with Crippen LogP contribution >= 0.6 is 0 Å². The van der Waals surface area contributed by atoms with E-state index < -0.39 is 0 Å². The molecule has 1 heterocycles. The van der Waals surface area contributed by atoms with Crippen molar-refractivity contribution in [2.45, 2.75) is 40.1 Å². The summed E-state index contributed by atoms with van der Waals surface area (Å²) in [5.41, 5.74) is 6.00. The smallest absolute Gasteiger partial charge is 0.227 e. The lowest BCUT2D eigenvalue weighted by atomic mass is 9.87. The van der Waals surface area contributed by atoms with Crippen molar-refractivity contribution in [1.82, 2.24) is 0 Å². The van der Waals surface area contributed by atoms with Gasteiger partial charge in [0.25, 0.3) is 0 Å². The van der Waals surface area contributed by atoms with Gasteiger partial charge in [-0.15, -0.1) is 0 Å². The first-order chi connectivity index (χ1) is 11.5. The van der Waals surface area contributed by atoms with Gasteiger partial charge in [0, 0.05) is 16.7 Å². The fraction of sp³-hybridized carbons (Fsp3) is 0.273. The van der Waals surface area contributed by atoms with E-state index in [1.165, 1.54) is 33.0 Å². The Bertz CT molecular complexity index is 925. The second-order valence-electron chi connectivity index (χ2n) is 6.84. The number of hydrogen-bond acceptors (Lipinski definition) is 2. The maximum absolute atomic E-state index is 6.26. The van der Waals surface area contributed by atoms with Crippen LogP contribution in [0, 0.1) is 13.8 Å². The van der Waals surface area contributed by atoms with Crippen LogP contribution in [-0.2, 0) is 4.74 Å². The van der Waals surface area contributed by atoms with Crippen LogP contribution in [-0.4, -0.2) is 6.10 Å². The first kappa shape index (κ1) is 15.2. The van der Waals surface area contributed by atoms with E-state index in [2.05, 4.69) is 62.4 Å². The molecule has 3 aromatic rings. The largest absolute Gasteiger partial charge is 0.460 e. The normalized spacial score (nSPS) is 16.0. The highest BCUT2D eigenvalue weighted by molar-refractivity contribution is 6.01. The van der Waals surface area contributed by atoms with E-state index >= 15 is 0 Å². The van der Waals surface area contributed by atoms with Crippen molar-refractivity contribution in [3.05, 3.63) is 65.2 Å². The molecule has 0 aromatic heterocycles. The number of aryl methyl sites for hydroxylation is 2. The van der Waals surface area contributed by atoms with E-state index in [1.807, 2.05) is 13.8 Å². The van der Waals surface area contributed by atoms with E-state index in [0.717, 1.165) is 11.3 Å². The zero-order valence-corrected chi connectivity index (χ0v) is 14.6. The third-order valence-corrected chi connectivity index (χ3v) is 4.54. The van der Waals surface area contributed by atoms with Crippen LogP contribution in [0.2, 0.25) is 0 Å². The minimum atomic E-state index is -0.363. The molecule has 24 heavy (non-hydrogen) atoms. The third-order valence-electron chi connectivity index (χ3n) is 4.54. The zero-order valence-electron chi connectivity index (χ0n) is 14.6. The van der Waals surface area contributed by atoms with Crippen LogP contribution in [0.3, 0.4) is 0 Å². The summed E-state index contributed by atoms with van der Waals surface area (Å²) in [6.07, 6.45) is -0.264. The molecule has 0 aliphatic carbocycles. The van der Waals surface area contributed by atoms with Gasteiger partial charge < -0.3 is 9.47 Å².